The summed E-state index contributed by atoms with van der Waals surface area (Å²) in [6, 6.07) is 9.24. The Morgan fingerprint density at radius 2 is 1.74 bits per heavy atom. The van der Waals surface area contributed by atoms with E-state index in [0.29, 0.717) is 43.4 Å². The monoisotopic (exact) mass is 386 g/mol. The number of hydrogen-bond donors (Lipinski definition) is 1. The minimum Gasteiger partial charge on any atom is -0.336 e. The molecule has 0 spiro atoms. The van der Waals surface area contributed by atoms with Crippen molar-refractivity contribution in [2.24, 2.45) is 0 Å². The lowest BCUT2D eigenvalue weighted by atomic mass is 10.1. The third-order valence-electron chi connectivity index (χ3n) is 4.75. The van der Waals surface area contributed by atoms with Crippen molar-refractivity contribution in [3.63, 3.8) is 0 Å². The van der Waals surface area contributed by atoms with Crippen molar-refractivity contribution in [2.75, 3.05) is 38.0 Å². The zero-order chi connectivity index (χ0) is 19.4. The summed E-state index contributed by atoms with van der Waals surface area (Å²) in [5, 5.41) is 3.38. The highest BCUT2D eigenvalue weighted by atomic mass is 35.5. The van der Waals surface area contributed by atoms with Crippen molar-refractivity contribution in [3.05, 3.63) is 58.4 Å². The van der Waals surface area contributed by atoms with Crippen molar-refractivity contribution < 1.29 is 9.59 Å². The number of carbonyl (C=O) groups is 2. The molecule has 0 saturated carbocycles. The molecule has 1 saturated heterocycles. The number of hydrogen-bond acceptors (Lipinski definition) is 4. The van der Waals surface area contributed by atoms with Crippen molar-refractivity contribution >= 4 is 29.1 Å². The van der Waals surface area contributed by atoms with Gasteiger partial charge in [-0.05, 0) is 37.1 Å². The number of benzene rings is 1. The summed E-state index contributed by atoms with van der Waals surface area (Å²) in [6.07, 6.45) is 1.50. The van der Waals surface area contributed by atoms with Gasteiger partial charge in [-0.1, -0.05) is 29.8 Å². The van der Waals surface area contributed by atoms with E-state index in [1.807, 2.05) is 32.0 Å². The van der Waals surface area contributed by atoms with Crippen molar-refractivity contribution in [2.45, 2.75) is 13.8 Å². The van der Waals surface area contributed by atoms with Gasteiger partial charge in [0.05, 0.1) is 12.1 Å². The van der Waals surface area contributed by atoms with Crippen molar-refractivity contribution in [3.8, 4) is 0 Å². The molecule has 0 unspecified atom stereocenters. The Labute approximate surface area is 164 Å². The summed E-state index contributed by atoms with van der Waals surface area (Å²) in [5.41, 5.74) is 3.51. The van der Waals surface area contributed by atoms with E-state index in [0.717, 1.165) is 16.8 Å². The van der Waals surface area contributed by atoms with Crippen LogP contribution in [0.1, 0.15) is 21.5 Å². The lowest BCUT2D eigenvalue weighted by molar-refractivity contribution is -0.117. The maximum absolute atomic E-state index is 12.5. The fourth-order valence-electron chi connectivity index (χ4n) is 3.19. The lowest BCUT2D eigenvalue weighted by Gasteiger charge is -2.34. The number of para-hydroxylation sites is 1. The molecule has 0 radical (unpaired) electrons. The fraction of sp³-hybridized carbons (Fsp3) is 0.350. The molecule has 1 aliphatic heterocycles. The molecule has 1 fully saturated rings. The van der Waals surface area contributed by atoms with Gasteiger partial charge in [0.25, 0.3) is 5.91 Å². The van der Waals surface area contributed by atoms with Gasteiger partial charge in [-0.2, -0.15) is 0 Å². The number of anilines is 1. The van der Waals surface area contributed by atoms with Crippen LogP contribution in [0.5, 0.6) is 0 Å². The van der Waals surface area contributed by atoms with Crippen LogP contribution in [-0.4, -0.2) is 59.3 Å². The Kier molecular flexibility index (Phi) is 6.08. The van der Waals surface area contributed by atoms with Crippen LogP contribution in [0.15, 0.2) is 36.5 Å². The second-order valence-electron chi connectivity index (χ2n) is 6.75. The largest absolute Gasteiger partial charge is 0.336 e. The number of aromatic nitrogens is 1. The average Bonchev–Trinajstić information content (AvgIpc) is 2.65. The summed E-state index contributed by atoms with van der Waals surface area (Å²) in [4.78, 5) is 32.7. The quantitative estimate of drug-likeness (QED) is 0.820. The van der Waals surface area contributed by atoms with Gasteiger partial charge in [0.15, 0.2) is 0 Å². The van der Waals surface area contributed by atoms with E-state index in [1.165, 1.54) is 6.20 Å². The number of pyridine rings is 1. The number of amides is 2. The van der Waals surface area contributed by atoms with Gasteiger partial charge < -0.3 is 10.2 Å². The van der Waals surface area contributed by atoms with Gasteiger partial charge in [0.1, 0.15) is 5.15 Å². The third-order valence-corrected chi connectivity index (χ3v) is 4.97. The summed E-state index contributed by atoms with van der Waals surface area (Å²) in [7, 11) is 0. The Bertz CT molecular complexity index is 810. The van der Waals surface area contributed by atoms with Crippen LogP contribution in [0.4, 0.5) is 5.69 Å². The predicted molar refractivity (Wildman–Crippen MR) is 106 cm³/mol. The molecular formula is C20H23ClN4O2. The lowest BCUT2D eigenvalue weighted by Crippen LogP contribution is -2.50. The van der Waals surface area contributed by atoms with Crippen LogP contribution in [0.2, 0.25) is 5.15 Å². The van der Waals surface area contributed by atoms with Crippen LogP contribution in [0, 0.1) is 13.8 Å². The zero-order valence-corrected chi connectivity index (χ0v) is 16.3. The first-order chi connectivity index (χ1) is 12.9. The molecule has 6 nitrogen and oxygen atoms in total. The number of carbonyl (C=O) groups excluding carboxylic acids is 2. The van der Waals surface area contributed by atoms with Gasteiger partial charge in [-0.15, -0.1) is 0 Å². The normalized spacial score (nSPS) is 14.9. The standard InChI is InChI=1S/C20H23ClN4O2/c1-14-4-3-5-15(2)19(14)23-18(26)13-24-8-10-25(11-9-24)20(27)16-6-7-17(21)22-12-16/h3-7,12H,8-11,13H2,1-2H3,(H,23,26). The molecule has 2 aromatic rings. The van der Waals surface area contributed by atoms with Crippen LogP contribution in [0.25, 0.3) is 0 Å². The van der Waals surface area contributed by atoms with E-state index in [2.05, 4.69) is 15.2 Å². The first-order valence-electron chi connectivity index (χ1n) is 8.93. The molecule has 7 heteroatoms. The Balaban J connectivity index is 1.51. The van der Waals surface area contributed by atoms with E-state index < -0.39 is 0 Å². The van der Waals surface area contributed by atoms with Crippen LogP contribution in [0.3, 0.4) is 0 Å². The first kappa shape index (κ1) is 19.3. The number of nitrogens with zero attached hydrogens (tertiary/aromatic N) is 3. The first-order valence-corrected chi connectivity index (χ1v) is 9.31. The molecule has 1 aliphatic rings. The molecule has 2 heterocycles. The minimum absolute atomic E-state index is 0.0333. The highest BCUT2D eigenvalue weighted by Crippen LogP contribution is 2.19. The number of piperazine rings is 1. The molecule has 142 valence electrons. The van der Waals surface area contributed by atoms with E-state index in [4.69, 9.17) is 11.6 Å². The molecule has 0 atom stereocenters. The summed E-state index contributed by atoms with van der Waals surface area (Å²) in [6.45, 7) is 6.77. The van der Waals surface area contributed by atoms with Gasteiger partial charge in [0, 0.05) is 38.1 Å². The Hall–Kier alpha value is -2.44. The zero-order valence-electron chi connectivity index (χ0n) is 15.5. The van der Waals surface area contributed by atoms with E-state index >= 15 is 0 Å². The summed E-state index contributed by atoms with van der Waals surface area (Å²) in [5.74, 6) is -0.0899. The molecule has 1 N–H and O–H groups in total. The second kappa shape index (κ2) is 8.50. The number of halogens is 1. The number of nitrogens with one attached hydrogen (secondary N) is 1. The second-order valence-corrected chi connectivity index (χ2v) is 7.14. The highest BCUT2D eigenvalue weighted by Gasteiger charge is 2.23. The fourth-order valence-corrected chi connectivity index (χ4v) is 3.30. The Morgan fingerprint density at radius 3 is 2.33 bits per heavy atom. The smallest absolute Gasteiger partial charge is 0.255 e. The van der Waals surface area contributed by atoms with Crippen molar-refractivity contribution in [1.29, 1.82) is 0 Å². The summed E-state index contributed by atoms with van der Waals surface area (Å²) >= 11 is 5.77. The van der Waals surface area contributed by atoms with Gasteiger partial charge in [-0.3, -0.25) is 14.5 Å². The SMILES string of the molecule is Cc1cccc(C)c1NC(=O)CN1CCN(C(=O)c2ccc(Cl)nc2)CC1. The molecule has 0 aliphatic carbocycles. The van der Waals surface area contributed by atoms with Crippen LogP contribution in [-0.2, 0) is 4.79 Å². The van der Waals surface area contributed by atoms with Gasteiger partial charge in [-0.25, -0.2) is 4.98 Å². The van der Waals surface area contributed by atoms with Gasteiger partial charge in [0.2, 0.25) is 5.91 Å². The number of rotatable bonds is 4. The molecule has 1 aromatic heterocycles. The van der Waals surface area contributed by atoms with Crippen LogP contribution >= 0.6 is 11.6 Å². The minimum atomic E-state index is -0.0567. The van der Waals surface area contributed by atoms with E-state index in [1.54, 1.807) is 17.0 Å². The van der Waals surface area contributed by atoms with Gasteiger partial charge >= 0.3 is 0 Å². The molecule has 1 aromatic carbocycles. The molecular weight excluding hydrogens is 364 g/mol. The maximum Gasteiger partial charge on any atom is 0.255 e. The Morgan fingerprint density at radius 1 is 1.07 bits per heavy atom. The average molecular weight is 387 g/mol. The topological polar surface area (TPSA) is 65.5 Å². The molecule has 27 heavy (non-hydrogen) atoms. The number of aryl methyl sites for hydroxylation is 2. The van der Waals surface area contributed by atoms with E-state index in [-0.39, 0.29) is 11.8 Å². The highest BCUT2D eigenvalue weighted by molar-refractivity contribution is 6.29. The molecule has 2 amide bonds. The molecule has 0 bridgehead atoms. The predicted octanol–water partition coefficient (Wildman–Crippen LogP) is 2.75. The third kappa shape index (κ3) is 4.84. The summed E-state index contributed by atoms with van der Waals surface area (Å²) < 4.78 is 0. The van der Waals surface area contributed by atoms with Crippen LogP contribution < -0.4 is 5.32 Å². The van der Waals surface area contributed by atoms with Crippen molar-refractivity contribution in [1.82, 2.24) is 14.8 Å². The maximum atomic E-state index is 12.5. The van der Waals surface area contributed by atoms with E-state index in [9.17, 15) is 9.59 Å². The molecule has 3 rings (SSSR count).